The van der Waals surface area contributed by atoms with Crippen molar-refractivity contribution in [3.8, 4) is 0 Å². The van der Waals surface area contributed by atoms with Crippen LogP contribution in [0.1, 0.15) is 29.8 Å². The fourth-order valence-electron chi connectivity index (χ4n) is 3.16. The molecule has 12 heteroatoms. The molecule has 3 aromatic rings. The van der Waals surface area contributed by atoms with E-state index in [4.69, 9.17) is 11.6 Å². The van der Waals surface area contributed by atoms with E-state index in [1.165, 1.54) is 25.2 Å². The Morgan fingerprint density at radius 1 is 1.08 bits per heavy atom. The van der Waals surface area contributed by atoms with E-state index >= 15 is 0 Å². The normalized spacial score (nSPS) is 11.0. The maximum Gasteiger partial charge on any atom is 0.331 e. The Morgan fingerprint density at radius 2 is 1.78 bits per heavy atom. The summed E-state index contributed by atoms with van der Waals surface area (Å²) in [5, 5.41) is 2.40. The maximum absolute atomic E-state index is 14.9. The van der Waals surface area contributed by atoms with Crippen LogP contribution in [0, 0.1) is 5.82 Å². The highest BCUT2D eigenvalue weighted by molar-refractivity contribution is 7.86. The molecule has 0 saturated carbocycles. The van der Waals surface area contributed by atoms with Crippen molar-refractivity contribution in [2.24, 2.45) is 0 Å². The van der Waals surface area contributed by atoms with Crippen molar-refractivity contribution in [1.29, 1.82) is 0 Å². The molecular weight excluding hydrogens is 539 g/mol. The molecule has 37 heavy (non-hydrogen) atoms. The number of nitrogens with zero attached hydrogens (tertiary/aromatic N) is 2. The molecule has 2 N–H and O–H groups in total. The second-order valence-corrected chi connectivity index (χ2v) is 10.7. The van der Waals surface area contributed by atoms with E-state index in [2.05, 4.69) is 10.0 Å². The van der Waals surface area contributed by atoms with E-state index in [9.17, 15) is 23.0 Å². The average Bonchev–Trinajstić information content (AvgIpc) is 3.31. The standard InChI is InChI=1S/C23H22ClFN4O4S2.C2H6/c1-28(2)16-5-6-17(14(12-16)10-11-30)22(31)29(3)19-7-4-15(13-18(19)25)26-23(32)27-35(33)21-9-8-20(24)34-21;1-2/h4-9,11-13H,10H2,1-3H3,(H2,26,27,32);1-2H3. The molecule has 8 nitrogen and oxygen atoms in total. The van der Waals surface area contributed by atoms with Crippen LogP contribution in [0.5, 0.6) is 0 Å². The molecule has 3 amide bonds. The van der Waals surface area contributed by atoms with Crippen molar-refractivity contribution in [3.05, 3.63) is 69.8 Å². The fraction of sp³-hybridized carbons (Fsp3) is 0.240. The number of benzene rings is 2. The summed E-state index contributed by atoms with van der Waals surface area (Å²) in [5.41, 5.74) is 1.71. The van der Waals surface area contributed by atoms with Crippen molar-refractivity contribution in [2.45, 2.75) is 24.5 Å². The minimum absolute atomic E-state index is 0.0218. The monoisotopic (exact) mass is 566 g/mol. The molecule has 1 aromatic heterocycles. The van der Waals surface area contributed by atoms with Gasteiger partial charge in [0, 0.05) is 44.5 Å². The van der Waals surface area contributed by atoms with Crippen LogP contribution in [-0.2, 0) is 22.2 Å². The summed E-state index contributed by atoms with van der Waals surface area (Å²) in [6.07, 6.45) is 0.744. The first-order valence-corrected chi connectivity index (χ1v) is 13.5. The van der Waals surface area contributed by atoms with Crippen LogP contribution in [0.2, 0.25) is 4.34 Å². The quantitative estimate of drug-likeness (QED) is 0.351. The van der Waals surface area contributed by atoms with Crippen LogP contribution < -0.4 is 19.8 Å². The van der Waals surface area contributed by atoms with Gasteiger partial charge in [0.05, 0.1) is 10.0 Å². The van der Waals surface area contributed by atoms with Gasteiger partial charge in [0.2, 0.25) is 0 Å². The van der Waals surface area contributed by atoms with E-state index in [-0.39, 0.29) is 23.4 Å². The fourth-order valence-corrected chi connectivity index (χ4v) is 5.28. The number of aldehydes is 1. The van der Waals surface area contributed by atoms with Crippen LogP contribution >= 0.6 is 22.9 Å². The molecule has 0 bridgehead atoms. The Morgan fingerprint density at radius 3 is 2.35 bits per heavy atom. The molecule has 0 aliphatic heterocycles. The van der Waals surface area contributed by atoms with Crippen LogP contribution in [0.4, 0.5) is 26.2 Å². The molecule has 1 unspecified atom stereocenters. The first-order valence-electron chi connectivity index (χ1n) is 11.2. The van der Waals surface area contributed by atoms with Gasteiger partial charge < -0.3 is 19.9 Å². The molecule has 0 spiro atoms. The number of hydrogen-bond donors (Lipinski definition) is 2. The van der Waals surface area contributed by atoms with E-state index < -0.39 is 28.7 Å². The zero-order chi connectivity index (χ0) is 27.7. The van der Waals surface area contributed by atoms with Crippen molar-refractivity contribution in [2.75, 3.05) is 36.3 Å². The van der Waals surface area contributed by atoms with Gasteiger partial charge in [-0.15, -0.1) is 11.3 Å². The molecular formula is C25H28ClFN4O4S2. The average molecular weight is 567 g/mol. The number of urea groups is 1. The number of hydrogen-bond acceptors (Lipinski definition) is 6. The van der Waals surface area contributed by atoms with Gasteiger partial charge in [0.25, 0.3) is 5.91 Å². The number of anilines is 3. The first-order chi connectivity index (χ1) is 17.6. The minimum atomic E-state index is -1.82. The summed E-state index contributed by atoms with van der Waals surface area (Å²) >= 11 is 6.86. The van der Waals surface area contributed by atoms with Crippen LogP contribution in [0.3, 0.4) is 0 Å². The Labute approximate surface area is 227 Å². The summed E-state index contributed by atoms with van der Waals surface area (Å²) in [6, 6.07) is 11.2. The summed E-state index contributed by atoms with van der Waals surface area (Å²) in [6.45, 7) is 4.00. The number of carbonyl (C=O) groups is 3. The highest BCUT2D eigenvalue weighted by Crippen LogP contribution is 2.26. The van der Waals surface area contributed by atoms with Crippen LogP contribution in [-0.4, -0.2) is 43.6 Å². The lowest BCUT2D eigenvalue weighted by Crippen LogP contribution is -2.30. The zero-order valence-corrected chi connectivity index (χ0v) is 23.4. The van der Waals surface area contributed by atoms with Crippen molar-refractivity contribution in [1.82, 2.24) is 4.72 Å². The summed E-state index contributed by atoms with van der Waals surface area (Å²) in [5.74, 6) is -1.25. The van der Waals surface area contributed by atoms with E-state index in [1.807, 2.05) is 32.8 Å². The predicted octanol–water partition coefficient (Wildman–Crippen LogP) is 5.50. The van der Waals surface area contributed by atoms with Crippen molar-refractivity contribution < 1.29 is 23.0 Å². The van der Waals surface area contributed by atoms with E-state index in [0.717, 1.165) is 28.0 Å². The summed E-state index contributed by atoms with van der Waals surface area (Å²) < 4.78 is 30.1. The Hall–Kier alpha value is -3.28. The lowest BCUT2D eigenvalue weighted by molar-refractivity contribution is -0.107. The maximum atomic E-state index is 14.9. The van der Waals surface area contributed by atoms with Gasteiger partial charge in [-0.2, -0.15) is 0 Å². The molecule has 1 heterocycles. The third kappa shape index (κ3) is 7.85. The number of carbonyl (C=O) groups excluding carboxylic acids is 3. The number of amides is 3. The highest BCUT2D eigenvalue weighted by atomic mass is 35.5. The lowest BCUT2D eigenvalue weighted by atomic mass is 10.0. The summed E-state index contributed by atoms with van der Waals surface area (Å²) in [4.78, 5) is 39.4. The molecule has 2 aromatic carbocycles. The SMILES string of the molecule is CC.CN(C)c1ccc(C(=O)N(C)c2ccc(NC(=O)NS(=O)c3ccc(Cl)s3)cc2F)c(CC=O)c1. The number of nitrogens with one attached hydrogen (secondary N) is 2. The van der Waals surface area contributed by atoms with Gasteiger partial charge in [-0.25, -0.2) is 13.4 Å². The molecule has 0 radical (unpaired) electrons. The molecule has 0 aliphatic carbocycles. The number of rotatable bonds is 8. The van der Waals surface area contributed by atoms with Crippen LogP contribution in [0.15, 0.2) is 52.7 Å². The first kappa shape index (κ1) is 29.9. The Bertz CT molecular complexity index is 1300. The molecule has 0 fully saturated rings. The molecule has 198 valence electrons. The summed E-state index contributed by atoms with van der Waals surface area (Å²) in [7, 11) is 3.28. The van der Waals surface area contributed by atoms with Crippen LogP contribution in [0.25, 0.3) is 0 Å². The molecule has 3 rings (SSSR count). The van der Waals surface area contributed by atoms with Crippen molar-refractivity contribution in [3.63, 3.8) is 0 Å². The zero-order valence-electron chi connectivity index (χ0n) is 21.0. The molecule has 1 atom stereocenters. The molecule has 0 aliphatic rings. The van der Waals surface area contributed by atoms with Crippen molar-refractivity contribution >= 4 is 69.2 Å². The Balaban J connectivity index is 0.00000235. The third-order valence-corrected chi connectivity index (χ3v) is 7.53. The van der Waals surface area contributed by atoms with Gasteiger partial charge in [0.1, 0.15) is 16.3 Å². The van der Waals surface area contributed by atoms with E-state index in [1.54, 1.807) is 24.3 Å². The predicted molar refractivity (Wildman–Crippen MR) is 149 cm³/mol. The van der Waals surface area contributed by atoms with Gasteiger partial charge in [-0.05, 0) is 54.1 Å². The van der Waals surface area contributed by atoms with Gasteiger partial charge in [-0.1, -0.05) is 25.4 Å². The number of halogens is 2. The van der Waals surface area contributed by atoms with E-state index in [0.29, 0.717) is 20.4 Å². The lowest BCUT2D eigenvalue weighted by Gasteiger charge is -2.21. The van der Waals surface area contributed by atoms with Gasteiger partial charge in [-0.3, -0.25) is 9.52 Å². The second kappa shape index (κ2) is 13.9. The topological polar surface area (TPSA) is 98.8 Å². The molecule has 0 saturated heterocycles. The van der Waals surface area contributed by atoms with Gasteiger partial charge in [0.15, 0.2) is 11.0 Å². The Kier molecular flexibility index (Phi) is 11.2. The number of thiophene rings is 1. The second-order valence-electron chi connectivity index (χ2n) is 7.52. The minimum Gasteiger partial charge on any atom is -0.378 e. The van der Waals surface area contributed by atoms with Gasteiger partial charge >= 0.3 is 6.03 Å². The third-order valence-electron chi connectivity index (χ3n) is 4.93. The largest absolute Gasteiger partial charge is 0.378 e. The highest BCUT2D eigenvalue weighted by Gasteiger charge is 2.21. The smallest absolute Gasteiger partial charge is 0.331 e.